The van der Waals surface area contributed by atoms with E-state index in [1.165, 1.54) is 6.08 Å². The first kappa shape index (κ1) is 14.0. The summed E-state index contributed by atoms with van der Waals surface area (Å²) in [6.07, 6.45) is 4.93. The fourth-order valence-electron chi connectivity index (χ4n) is 1.26. The second kappa shape index (κ2) is 7.29. The van der Waals surface area contributed by atoms with Crippen LogP contribution in [0.4, 0.5) is 0 Å². The van der Waals surface area contributed by atoms with Crippen LogP contribution in [0.25, 0.3) is 6.08 Å². The van der Waals surface area contributed by atoms with Gasteiger partial charge in [0.05, 0.1) is 0 Å². The average Bonchev–Trinajstić information content (AvgIpc) is 2.34. The Hall–Kier alpha value is -2.07. The van der Waals surface area contributed by atoms with E-state index in [0.717, 1.165) is 11.3 Å². The van der Waals surface area contributed by atoms with Gasteiger partial charge in [-0.25, -0.2) is 5.01 Å². The predicted octanol–water partition coefficient (Wildman–Crippen LogP) is 1.86. The molecular formula is C14H18N2O2. The molecule has 0 aliphatic carbocycles. The van der Waals surface area contributed by atoms with Gasteiger partial charge in [0.25, 0.3) is 5.91 Å². The van der Waals surface area contributed by atoms with Crippen molar-refractivity contribution in [2.24, 2.45) is 0 Å². The van der Waals surface area contributed by atoms with Gasteiger partial charge in [0.2, 0.25) is 0 Å². The third-order valence-corrected chi connectivity index (χ3v) is 2.01. The van der Waals surface area contributed by atoms with Gasteiger partial charge in [0.15, 0.2) is 0 Å². The Balaban J connectivity index is 2.55. The lowest BCUT2D eigenvalue weighted by Gasteiger charge is -2.08. The Bertz CT molecular complexity index is 422. The molecule has 0 aliphatic heterocycles. The van der Waals surface area contributed by atoms with Crippen molar-refractivity contribution in [3.63, 3.8) is 0 Å². The molecular weight excluding hydrogens is 228 g/mol. The Morgan fingerprint density at radius 1 is 1.39 bits per heavy atom. The lowest BCUT2D eigenvalue weighted by molar-refractivity contribution is -0.119. The molecule has 96 valence electrons. The van der Waals surface area contributed by atoms with Crippen LogP contribution in [-0.2, 0) is 4.79 Å². The van der Waals surface area contributed by atoms with E-state index in [9.17, 15) is 4.79 Å². The van der Waals surface area contributed by atoms with Crippen LogP contribution in [0, 0.1) is 0 Å². The quantitative estimate of drug-likeness (QED) is 0.473. The third-order valence-electron chi connectivity index (χ3n) is 2.01. The molecule has 0 atom stereocenters. The summed E-state index contributed by atoms with van der Waals surface area (Å²) in [5, 5.41) is 1.60. The number of amides is 1. The van der Waals surface area contributed by atoms with Gasteiger partial charge >= 0.3 is 0 Å². The van der Waals surface area contributed by atoms with Crippen LogP contribution in [0.5, 0.6) is 5.75 Å². The van der Waals surface area contributed by atoms with Gasteiger partial charge in [-0.15, -0.1) is 0 Å². The van der Waals surface area contributed by atoms with Gasteiger partial charge in [-0.3, -0.25) is 10.2 Å². The molecule has 0 unspecified atom stereocenters. The Morgan fingerprint density at radius 3 is 2.61 bits per heavy atom. The van der Waals surface area contributed by atoms with Crippen LogP contribution in [0.3, 0.4) is 0 Å². The summed E-state index contributed by atoms with van der Waals surface area (Å²) in [6.45, 7) is 4.07. The number of carbonyl (C=O) groups is 1. The molecule has 1 amide bonds. The lowest BCUT2D eigenvalue weighted by atomic mass is 10.2. The number of ether oxygens (including phenoxy) is 1. The fraction of sp³-hybridized carbons (Fsp3) is 0.214. The molecule has 0 saturated heterocycles. The van der Waals surface area contributed by atoms with E-state index in [2.05, 4.69) is 12.0 Å². The number of hydrogen-bond acceptors (Lipinski definition) is 3. The van der Waals surface area contributed by atoms with Crippen LogP contribution >= 0.6 is 0 Å². The van der Waals surface area contributed by atoms with Crippen molar-refractivity contribution >= 4 is 12.0 Å². The first-order valence-electron chi connectivity index (χ1n) is 5.61. The minimum Gasteiger partial charge on any atom is -0.490 e. The van der Waals surface area contributed by atoms with E-state index >= 15 is 0 Å². The van der Waals surface area contributed by atoms with Crippen molar-refractivity contribution in [2.75, 3.05) is 20.7 Å². The van der Waals surface area contributed by atoms with Crippen LogP contribution in [0.1, 0.15) is 5.56 Å². The summed E-state index contributed by atoms with van der Waals surface area (Å²) < 4.78 is 5.36. The zero-order chi connectivity index (χ0) is 13.4. The monoisotopic (exact) mass is 246 g/mol. The SMILES string of the molecule is C=CCOc1ccc(/C=C/C(=O)NN(C)C)cc1. The third kappa shape index (κ3) is 5.32. The minimum atomic E-state index is -0.160. The van der Waals surface area contributed by atoms with Gasteiger partial charge in [-0.1, -0.05) is 24.8 Å². The Kier molecular flexibility index (Phi) is 5.67. The molecule has 18 heavy (non-hydrogen) atoms. The second-order valence-electron chi connectivity index (χ2n) is 3.87. The predicted molar refractivity (Wildman–Crippen MR) is 73.0 cm³/mol. The molecule has 0 heterocycles. The molecule has 0 spiro atoms. The van der Waals surface area contributed by atoms with Crippen molar-refractivity contribution < 1.29 is 9.53 Å². The molecule has 4 heteroatoms. The first-order valence-corrected chi connectivity index (χ1v) is 5.61. The van der Waals surface area contributed by atoms with Crippen molar-refractivity contribution in [3.05, 3.63) is 48.6 Å². The van der Waals surface area contributed by atoms with Crippen LogP contribution < -0.4 is 10.2 Å². The van der Waals surface area contributed by atoms with E-state index in [1.54, 1.807) is 31.3 Å². The maximum Gasteiger partial charge on any atom is 0.258 e. The summed E-state index contributed by atoms with van der Waals surface area (Å²) >= 11 is 0. The number of carbonyl (C=O) groups excluding carboxylic acids is 1. The molecule has 0 aliphatic rings. The van der Waals surface area contributed by atoms with Gasteiger partial charge in [0, 0.05) is 20.2 Å². The summed E-state index contributed by atoms with van der Waals surface area (Å²) in [5.41, 5.74) is 3.56. The van der Waals surface area contributed by atoms with Crippen LogP contribution in [0.15, 0.2) is 43.0 Å². The highest BCUT2D eigenvalue weighted by atomic mass is 16.5. The number of benzene rings is 1. The molecule has 0 saturated carbocycles. The van der Waals surface area contributed by atoms with Crippen LogP contribution in [-0.4, -0.2) is 31.6 Å². The number of hydrogen-bond donors (Lipinski definition) is 1. The van der Waals surface area contributed by atoms with Crippen LogP contribution in [0.2, 0.25) is 0 Å². The zero-order valence-corrected chi connectivity index (χ0v) is 10.7. The molecule has 1 aromatic rings. The number of rotatable bonds is 6. The topological polar surface area (TPSA) is 41.6 Å². The Morgan fingerprint density at radius 2 is 2.06 bits per heavy atom. The normalized spacial score (nSPS) is 10.6. The van der Waals surface area contributed by atoms with E-state index in [-0.39, 0.29) is 5.91 Å². The Labute approximate surface area is 108 Å². The van der Waals surface area contributed by atoms with E-state index < -0.39 is 0 Å². The molecule has 0 aromatic heterocycles. The molecule has 0 radical (unpaired) electrons. The maximum absolute atomic E-state index is 11.4. The molecule has 0 fully saturated rings. The second-order valence-corrected chi connectivity index (χ2v) is 3.87. The summed E-state index contributed by atoms with van der Waals surface area (Å²) in [6, 6.07) is 7.48. The van der Waals surface area contributed by atoms with E-state index in [4.69, 9.17) is 4.74 Å². The highest BCUT2D eigenvalue weighted by Gasteiger charge is 1.96. The van der Waals surface area contributed by atoms with Crippen molar-refractivity contribution in [1.29, 1.82) is 0 Å². The van der Waals surface area contributed by atoms with Gasteiger partial charge in [-0.2, -0.15) is 0 Å². The summed E-state index contributed by atoms with van der Waals surface area (Å²) in [4.78, 5) is 11.4. The number of nitrogens with zero attached hydrogens (tertiary/aromatic N) is 1. The van der Waals surface area contributed by atoms with Crippen molar-refractivity contribution in [1.82, 2.24) is 10.4 Å². The molecule has 0 bridgehead atoms. The molecule has 1 rings (SSSR count). The highest BCUT2D eigenvalue weighted by molar-refractivity contribution is 5.91. The molecule has 4 nitrogen and oxygen atoms in total. The van der Waals surface area contributed by atoms with E-state index in [1.807, 2.05) is 24.3 Å². The minimum absolute atomic E-state index is 0.160. The van der Waals surface area contributed by atoms with Crippen molar-refractivity contribution in [2.45, 2.75) is 0 Å². The first-order chi connectivity index (χ1) is 8.61. The maximum atomic E-state index is 11.4. The van der Waals surface area contributed by atoms with Gasteiger partial charge in [0.1, 0.15) is 12.4 Å². The zero-order valence-electron chi connectivity index (χ0n) is 10.7. The molecule has 1 N–H and O–H groups in total. The smallest absolute Gasteiger partial charge is 0.258 e. The van der Waals surface area contributed by atoms with E-state index in [0.29, 0.717) is 6.61 Å². The lowest BCUT2D eigenvalue weighted by Crippen LogP contribution is -2.34. The summed E-state index contributed by atoms with van der Waals surface area (Å²) in [7, 11) is 3.52. The van der Waals surface area contributed by atoms with Gasteiger partial charge in [-0.05, 0) is 23.8 Å². The highest BCUT2D eigenvalue weighted by Crippen LogP contribution is 2.13. The standard InChI is InChI=1S/C14H18N2O2/c1-4-11-18-13-8-5-12(6-9-13)7-10-14(17)15-16(2)3/h4-10H,1,11H2,2-3H3,(H,15,17)/b10-7+. The average molecular weight is 246 g/mol. The van der Waals surface area contributed by atoms with Gasteiger partial charge < -0.3 is 4.74 Å². The largest absolute Gasteiger partial charge is 0.490 e. The number of nitrogens with one attached hydrogen (secondary N) is 1. The fourth-order valence-corrected chi connectivity index (χ4v) is 1.26. The molecule has 1 aromatic carbocycles. The summed E-state index contributed by atoms with van der Waals surface area (Å²) in [5.74, 6) is 0.622. The van der Waals surface area contributed by atoms with Crippen molar-refractivity contribution in [3.8, 4) is 5.75 Å². The number of hydrazine groups is 1.